The Morgan fingerprint density at radius 3 is 2.50 bits per heavy atom. The zero-order valence-electron chi connectivity index (χ0n) is 17.1. The fraction of sp³-hybridized carbons (Fsp3) is 0.217. The maximum atomic E-state index is 12.6. The first-order chi connectivity index (χ1) is 14.5. The zero-order valence-corrected chi connectivity index (χ0v) is 17.1. The number of ether oxygens (including phenoxy) is 1. The smallest absolute Gasteiger partial charge is 0.227 e. The van der Waals surface area contributed by atoms with Crippen LogP contribution in [0.2, 0.25) is 0 Å². The summed E-state index contributed by atoms with van der Waals surface area (Å²) in [6, 6.07) is 18.9. The highest BCUT2D eigenvalue weighted by Gasteiger charge is 2.20. The van der Waals surface area contributed by atoms with Crippen molar-refractivity contribution in [2.45, 2.75) is 25.8 Å². The number of nitrogens with one attached hydrogen (secondary N) is 1. The van der Waals surface area contributed by atoms with Crippen molar-refractivity contribution >= 4 is 11.6 Å². The number of amides is 1. The first kappa shape index (κ1) is 19.6. The van der Waals surface area contributed by atoms with Gasteiger partial charge in [-0.3, -0.25) is 4.79 Å². The standard InChI is InChI=1S/C23H23N5O2/c1-15(17-7-5-4-6-8-17)23(29)25-16(2)22-26-21-13-20(24-14-28(21)27-22)18-9-11-19(30-3)12-10-18/h4-16H,1-3H3,(H,25,29)/t15-,16-/m0/s1. The lowest BCUT2D eigenvalue weighted by Crippen LogP contribution is -2.31. The van der Waals surface area contributed by atoms with Gasteiger partial charge in [0.15, 0.2) is 11.5 Å². The predicted molar refractivity (Wildman–Crippen MR) is 114 cm³/mol. The third-order valence-corrected chi connectivity index (χ3v) is 5.07. The third kappa shape index (κ3) is 4.00. The highest BCUT2D eigenvalue weighted by molar-refractivity contribution is 5.83. The number of methoxy groups -OCH3 is 1. The Labute approximate surface area is 174 Å². The van der Waals surface area contributed by atoms with E-state index < -0.39 is 0 Å². The fourth-order valence-corrected chi connectivity index (χ4v) is 3.21. The molecule has 0 fully saturated rings. The summed E-state index contributed by atoms with van der Waals surface area (Å²) >= 11 is 0. The second-order valence-electron chi connectivity index (χ2n) is 7.14. The van der Waals surface area contributed by atoms with Crippen LogP contribution in [0, 0.1) is 0 Å². The number of aromatic nitrogens is 4. The van der Waals surface area contributed by atoms with Crippen molar-refractivity contribution in [2.24, 2.45) is 0 Å². The number of carbonyl (C=O) groups is 1. The highest BCUT2D eigenvalue weighted by Crippen LogP contribution is 2.22. The van der Waals surface area contributed by atoms with E-state index in [-0.39, 0.29) is 17.9 Å². The van der Waals surface area contributed by atoms with Crippen molar-refractivity contribution in [3.05, 3.63) is 78.4 Å². The van der Waals surface area contributed by atoms with E-state index in [9.17, 15) is 4.79 Å². The van der Waals surface area contributed by atoms with Crippen LogP contribution in [0.3, 0.4) is 0 Å². The lowest BCUT2D eigenvalue weighted by Gasteiger charge is -2.15. The van der Waals surface area contributed by atoms with Crippen molar-refractivity contribution in [3.63, 3.8) is 0 Å². The minimum atomic E-state index is -0.326. The second kappa shape index (κ2) is 8.32. The molecule has 1 amide bonds. The van der Waals surface area contributed by atoms with Crippen LogP contribution < -0.4 is 10.1 Å². The molecule has 2 aromatic heterocycles. The van der Waals surface area contributed by atoms with E-state index in [1.54, 1.807) is 18.0 Å². The summed E-state index contributed by atoms with van der Waals surface area (Å²) in [6.07, 6.45) is 1.63. The van der Waals surface area contributed by atoms with E-state index in [2.05, 4.69) is 20.4 Å². The molecule has 7 nitrogen and oxygen atoms in total. The van der Waals surface area contributed by atoms with Gasteiger partial charge in [0.2, 0.25) is 5.91 Å². The molecule has 0 saturated carbocycles. The number of nitrogens with zero attached hydrogens (tertiary/aromatic N) is 4. The van der Waals surface area contributed by atoms with Crippen molar-refractivity contribution in [2.75, 3.05) is 7.11 Å². The monoisotopic (exact) mass is 401 g/mol. The normalized spacial score (nSPS) is 13.0. The fourth-order valence-electron chi connectivity index (χ4n) is 3.21. The Morgan fingerprint density at radius 2 is 1.80 bits per heavy atom. The van der Waals surface area contributed by atoms with Gasteiger partial charge in [-0.05, 0) is 43.7 Å². The van der Waals surface area contributed by atoms with Gasteiger partial charge in [-0.1, -0.05) is 30.3 Å². The molecule has 0 bridgehead atoms. The lowest BCUT2D eigenvalue weighted by atomic mass is 10.0. The molecule has 30 heavy (non-hydrogen) atoms. The average molecular weight is 401 g/mol. The Morgan fingerprint density at radius 1 is 1.07 bits per heavy atom. The van der Waals surface area contributed by atoms with Crippen molar-refractivity contribution in [1.82, 2.24) is 24.9 Å². The van der Waals surface area contributed by atoms with Crippen molar-refractivity contribution in [1.29, 1.82) is 0 Å². The molecule has 4 aromatic rings. The van der Waals surface area contributed by atoms with E-state index in [0.29, 0.717) is 11.5 Å². The molecule has 152 valence electrons. The van der Waals surface area contributed by atoms with Crippen LogP contribution in [0.25, 0.3) is 16.9 Å². The first-order valence-electron chi connectivity index (χ1n) is 9.77. The van der Waals surface area contributed by atoms with E-state index in [1.165, 1.54) is 0 Å². The maximum absolute atomic E-state index is 12.6. The number of hydrogen-bond donors (Lipinski definition) is 1. The van der Waals surface area contributed by atoms with Gasteiger partial charge in [0, 0.05) is 11.6 Å². The molecule has 1 N–H and O–H groups in total. The van der Waals surface area contributed by atoms with E-state index >= 15 is 0 Å². The number of benzene rings is 2. The van der Waals surface area contributed by atoms with Crippen molar-refractivity contribution in [3.8, 4) is 17.0 Å². The number of hydrogen-bond acceptors (Lipinski definition) is 5. The Balaban J connectivity index is 1.52. The van der Waals surface area contributed by atoms with Gasteiger partial charge in [-0.15, -0.1) is 5.10 Å². The van der Waals surface area contributed by atoms with Gasteiger partial charge in [-0.2, -0.15) is 0 Å². The molecule has 0 radical (unpaired) electrons. The lowest BCUT2D eigenvalue weighted by molar-refractivity contribution is -0.122. The Kier molecular flexibility index (Phi) is 5.43. The van der Waals surface area contributed by atoms with Crippen LogP contribution in [-0.4, -0.2) is 32.6 Å². The molecule has 2 atom stereocenters. The van der Waals surface area contributed by atoms with Gasteiger partial charge in [0.05, 0.1) is 24.8 Å². The molecule has 0 spiro atoms. The molecule has 7 heteroatoms. The van der Waals surface area contributed by atoms with E-state index in [4.69, 9.17) is 4.74 Å². The summed E-state index contributed by atoms with van der Waals surface area (Å²) in [6.45, 7) is 3.77. The zero-order chi connectivity index (χ0) is 21.1. The summed E-state index contributed by atoms with van der Waals surface area (Å²) in [5, 5.41) is 7.47. The average Bonchev–Trinajstić information content (AvgIpc) is 3.23. The highest BCUT2D eigenvalue weighted by atomic mass is 16.5. The van der Waals surface area contributed by atoms with Crippen molar-refractivity contribution < 1.29 is 9.53 Å². The predicted octanol–water partition coefficient (Wildman–Crippen LogP) is 3.78. The Hall–Kier alpha value is -3.74. The molecule has 0 aliphatic carbocycles. The molecule has 0 saturated heterocycles. The van der Waals surface area contributed by atoms with E-state index in [0.717, 1.165) is 22.6 Å². The largest absolute Gasteiger partial charge is 0.497 e. The summed E-state index contributed by atoms with van der Waals surface area (Å²) in [4.78, 5) is 21.7. The summed E-state index contributed by atoms with van der Waals surface area (Å²) < 4.78 is 6.82. The number of rotatable bonds is 6. The van der Waals surface area contributed by atoms with Gasteiger partial charge >= 0.3 is 0 Å². The van der Waals surface area contributed by atoms with Crippen LogP contribution >= 0.6 is 0 Å². The second-order valence-corrected chi connectivity index (χ2v) is 7.14. The van der Waals surface area contributed by atoms with Gasteiger partial charge < -0.3 is 10.1 Å². The Bertz CT molecular complexity index is 1160. The maximum Gasteiger partial charge on any atom is 0.227 e. The van der Waals surface area contributed by atoms with Crippen LogP contribution in [0.15, 0.2) is 67.0 Å². The number of fused-ring (bicyclic) bond motifs is 1. The first-order valence-corrected chi connectivity index (χ1v) is 9.77. The molecule has 0 aliphatic rings. The molecule has 4 rings (SSSR count). The molecular formula is C23H23N5O2. The quantitative estimate of drug-likeness (QED) is 0.532. The summed E-state index contributed by atoms with van der Waals surface area (Å²) in [5.74, 6) is 1.01. The van der Waals surface area contributed by atoms with Gasteiger partial charge in [0.1, 0.15) is 12.1 Å². The SMILES string of the molecule is COc1ccc(-c2cc3nc([C@H](C)NC(=O)[C@@H](C)c4ccccc4)nn3cn2)cc1. The summed E-state index contributed by atoms with van der Waals surface area (Å²) in [5.41, 5.74) is 3.39. The van der Waals surface area contributed by atoms with E-state index in [1.807, 2.05) is 74.5 Å². The summed E-state index contributed by atoms with van der Waals surface area (Å²) in [7, 11) is 1.64. The van der Waals surface area contributed by atoms with Crippen LogP contribution in [0.1, 0.15) is 37.2 Å². The van der Waals surface area contributed by atoms with Crippen LogP contribution in [-0.2, 0) is 4.79 Å². The molecule has 0 aliphatic heterocycles. The molecule has 2 aromatic carbocycles. The molecule has 2 heterocycles. The number of carbonyl (C=O) groups excluding carboxylic acids is 1. The van der Waals surface area contributed by atoms with Crippen LogP contribution in [0.5, 0.6) is 5.75 Å². The molecular weight excluding hydrogens is 378 g/mol. The van der Waals surface area contributed by atoms with Crippen LogP contribution in [0.4, 0.5) is 0 Å². The topological polar surface area (TPSA) is 81.4 Å². The van der Waals surface area contributed by atoms with Gasteiger partial charge in [0.25, 0.3) is 0 Å². The third-order valence-electron chi connectivity index (χ3n) is 5.07. The minimum Gasteiger partial charge on any atom is -0.497 e. The minimum absolute atomic E-state index is 0.0652. The van der Waals surface area contributed by atoms with Gasteiger partial charge in [-0.25, -0.2) is 14.5 Å². The molecule has 0 unspecified atom stereocenters.